The van der Waals surface area contributed by atoms with Crippen molar-refractivity contribution in [2.24, 2.45) is 5.92 Å². The number of halogens is 1. The third-order valence-corrected chi connectivity index (χ3v) is 5.99. The number of hydrogen-bond donors (Lipinski definition) is 0. The van der Waals surface area contributed by atoms with Crippen molar-refractivity contribution in [3.05, 3.63) is 35.6 Å². The number of likely N-dealkylation sites (tertiary alicyclic amines) is 2. The third kappa shape index (κ3) is 3.01. The molecule has 3 aliphatic rings. The molecule has 0 bridgehead atoms. The van der Waals surface area contributed by atoms with Gasteiger partial charge >= 0.3 is 0 Å². The number of rotatable bonds is 3. The van der Waals surface area contributed by atoms with Gasteiger partial charge in [0.2, 0.25) is 0 Å². The lowest BCUT2D eigenvalue weighted by Gasteiger charge is -2.45. The summed E-state index contributed by atoms with van der Waals surface area (Å²) in [5.41, 5.74) is 0.950. The number of piperidine rings is 1. The number of nitrogens with zero attached hydrogens (tertiary/aromatic N) is 2. The molecule has 2 aliphatic heterocycles. The van der Waals surface area contributed by atoms with Crippen LogP contribution in [-0.2, 0) is 0 Å². The van der Waals surface area contributed by atoms with Crippen molar-refractivity contribution in [3.8, 4) is 0 Å². The lowest BCUT2D eigenvalue weighted by Crippen LogP contribution is -2.53. The molecule has 0 N–H and O–H groups in total. The number of carbonyl (C=O) groups excluding carboxylic acids is 1. The van der Waals surface area contributed by atoms with Crippen LogP contribution in [0.2, 0.25) is 0 Å². The molecular weight excluding hydrogens is 291 g/mol. The molecule has 2 saturated heterocycles. The minimum absolute atomic E-state index is 0.0478. The Morgan fingerprint density at radius 1 is 1.09 bits per heavy atom. The highest BCUT2D eigenvalue weighted by Gasteiger charge is 2.45. The second-order valence-electron chi connectivity index (χ2n) is 7.52. The van der Waals surface area contributed by atoms with Crippen LogP contribution in [0.15, 0.2) is 24.3 Å². The largest absolute Gasteiger partial charge is 0.339 e. The Labute approximate surface area is 137 Å². The van der Waals surface area contributed by atoms with E-state index in [0.29, 0.717) is 11.1 Å². The summed E-state index contributed by atoms with van der Waals surface area (Å²) in [6.07, 6.45) is 7.58. The van der Waals surface area contributed by atoms with Crippen LogP contribution in [0.5, 0.6) is 0 Å². The molecule has 0 atom stereocenters. The molecule has 0 aromatic heterocycles. The monoisotopic (exact) mass is 316 g/mol. The van der Waals surface area contributed by atoms with E-state index in [0.717, 1.165) is 31.8 Å². The van der Waals surface area contributed by atoms with Crippen LogP contribution in [0.3, 0.4) is 0 Å². The highest BCUT2D eigenvalue weighted by Crippen LogP contribution is 2.41. The first-order valence-electron chi connectivity index (χ1n) is 8.96. The van der Waals surface area contributed by atoms with E-state index in [1.165, 1.54) is 50.9 Å². The molecule has 124 valence electrons. The molecule has 1 aromatic rings. The van der Waals surface area contributed by atoms with E-state index in [9.17, 15) is 9.18 Å². The van der Waals surface area contributed by atoms with Gasteiger partial charge in [-0.05, 0) is 75.3 Å². The molecule has 1 aliphatic carbocycles. The van der Waals surface area contributed by atoms with Crippen molar-refractivity contribution in [1.82, 2.24) is 9.80 Å². The topological polar surface area (TPSA) is 23.6 Å². The van der Waals surface area contributed by atoms with Gasteiger partial charge in [-0.25, -0.2) is 4.39 Å². The van der Waals surface area contributed by atoms with Crippen LogP contribution in [0.4, 0.5) is 4.39 Å². The Kier molecular flexibility index (Phi) is 3.88. The molecule has 3 nitrogen and oxygen atoms in total. The van der Waals surface area contributed by atoms with Gasteiger partial charge < -0.3 is 4.90 Å². The molecule has 2 heterocycles. The maximum absolute atomic E-state index is 13.0. The summed E-state index contributed by atoms with van der Waals surface area (Å²) in [5, 5.41) is 0. The van der Waals surface area contributed by atoms with Crippen molar-refractivity contribution < 1.29 is 9.18 Å². The molecule has 3 fully saturated rings. The van der Waals surface area contributed by atoms with Gasteiger partial charge in [-0.3, -0.25) is 9.69 Å². The first kappa shape index (κ1) is 15.1. The van der Waals surface area contributed by atoms with E-state index in [1.807, 2.05) is 4.90 Å². The Hall–Kier alpha value is -1.42. The second-order valence-corrected chi connectivity index (χ2v) is 7.52. The fraction of sp³-hybridized carbons (Fsp3) is 0.632. The first-order chi connectivity index (χ1) is 11.2. The molecule has 23 heavy (non-hydrogen) atoms. The molecule has 1 aromatic carbocycles. The van der Waals surface area contributed by atoms with Gasteiger partial charge in [0.05, 0.1) is 0 Å². The van der Waals surface area contributed by atoms with E-state index >= 15 is 0 Å². The van der Waals surface area contributed by atoms with E-state index in [-0.39, 0.29) is 11.7 Å². The predicted octanol–water partition coefficient (Wildman–Crippen LogP) is 3.31. The van der Waals surface area contributed by atoms with E-state index in [4.69, 9.17) is 0 Å². The van der Waals surface area contributed by atoms with Crippen molar-refractivity contribution in [1.29, 1.82) is 0 Å². The van der Waals surface area contributed by atoms with Gasteiger partial charge in [-0.15, -0.1) is 0 Å². The normalized spacial score (nSPS) is 24.3. The quantitative estimate of drug-likeness (QED) is 0.854. The average molecular weight is 316 g/mol. The van der Waals surface area contributed by atoms with Gasteiger partial charge in [0.1, 0.15) is 5.82 Å². The van der Waals surface area contributed by atoms with Crippen molar-refractivity contribution in [2.45, 2.75) is 44.1 Å². The molecule has 0 unspecified atom stereocenters. The minimum atomic E-state index is -0.291. The fourth-order valence-corrected chi connectivity index (χ4v) is 4.36. The predicted molar refractivity (Wildman–Crippen MR) is 87.8 cm³/mol. The van der Waals surface area contributed by atoms with Gasteiger partial charge in [-0.2, -0.15) is 0 Å². The Bertz CT molecular complexity index is 574. The van der Waals surface area contributed by atoms with Crippen LogP contribution >= 0.6 is 0 Å². The van der Waals surface area contributed by atoms with Crippen LogP contribution in [-0.4, -0.2) is 47.4 Å². The summed E-state index contributed by atoms with van der Waals surface area (Å²) in [4.78, 5) is 17.3. The molecule has 0 radical (unpaired) electrons. The van der Waals surface area contributed by atoms with Gasteiger partial charge in [0.25, 0.3) is 5.91 Å². The zero-order chi connectivity index (χ0) is 15.9. The molecule has 4 heteroatoms. The summed E-state index contributed by atoms with van der Waals surface area (Å²) in [7, 11) is 0. The Balaban J connectivity index is 1.40. The zero-order valence-corrected chi connectivity index (χ0v) is 13.6. The van der Waals surface area contributed by atoms with E-state index in [1.54, 1.807) is 12.1 Å². The molecule has 1 saturated carbocycles. The number of hydrogen-bond acceptors (Lipinski definition) is 2. The average Bonchev–Trinajstić information content (AvgIpc) is 3.31. The van der Waals surface area contributed by atoms with E-state index in [2.05, 4.69) is 4.90 Å². The molecule has 1 spiro atoms. The first-order valence-corrected chi connectivity index (χ1v) is 8.96. The maximum Gasteiger partial charge on any atom is 0.253 e. The van der Waals surface area contributed by atoms with Crippen LogP contribution in [0.1, 0.15) is 48.9 Å². The minimum Gasteiger partial charge on any atom is -0.339 e. The maximum atomic E-state index is 13.0. The SMILES string of the molecule is O=C(c1ccc(F)cc1)N1CCC2(CCCN2CC2CC2)CC1. The zero-order valence-electron chi connectivity index (χ0n) is 13.6. The summed E-state index contributed by atoms with van der Waals surface area (Å²) in [6, 6.07) is 5.92. The van der Waals surface area contributed by atoms with Gasteiger partial charge in [0.15, 0.2) is 0 Å². The van der Waals surface area contributed by atoms with Gasteiger partial charge in [0, 0.05) is 30.7 Å². The van der Waals surface area contributed by atoms with Gasteiger partial charge in [-0.1, -0.05) is 0 Å². The number of carbonyl (C=O) groups is 1. The van der Waals surface area contributed by atoms with Crippen molar-refractivity contribution in [2.75, 3.05) is 26.2 Å². The van der Waals surface area contributed by atoms with Crippen LogP contribution < -0.4 is 0 Å². The lowest BCUT2D eigenvalue weighted by atomic mass is 9.84. The second kappa shape index (κ2) is 5.90. The summed E-state index contributed by atoms with van der Waals surface area (Å²) < 4.78 is 13.0. The van der Waals surface area contributed by atoms with Crippen molar-refractivity contribution >= 4 is 5.91 Å². The molecule has 4 rings (SSSR count). The van der Waals surface area contributed by atoms with Crippen molar-refractivity contribution in [3.63, 3.8) is 0 Å². The highest BCUT2D eigenvalue weighted by atomic mass is 19.1. The standard InChI is InChI=1S/C19H25FN2O/c20-17-6-4-16(5-7-17)18(23)21-12-9-19(10-13-21)8-1-11-22(19)14-15-2-3-15/h4-7,15H,1-3,8-14H2. The fourth-order valence-electron chi connectivity index (χ4n) is 4.36. The summed E-state index contributed by atoms with van der Waals surface area (Å²) in [6.45, 7) is 4.17. The highest BCUT2D eigenvalue weighted by molar-refractivity contribution is 5.94. The summed E-state index contributed by atoms with van der Waals surface area (Å²) >= 11 is 0. The van der Waals surface area contributed by atoms with E-state index < -0.39 is 0 Å². The van der Waals surface area contributed by atoms with Crippen LogP contribution in [0.25, 0.3) is 0 Å². The number of benzene rings is 1. The lowest BCUT2D eigenvalue weighted by molar-refractivity contribution is 0.0396. The smallest absolute Gasteiger partial charge is 0.253 e. The van der Waals surface area contributed by atoms with Crippen LogP contribution in [0, 0.1) is 11.7 Å². The number of amides is 1. The third-order valence-electron chi connectivity index (χ3n) is 5.99. The summed E-state index contributed by atoms with van der Waals surface area (Å²) in [5.74, 6) is 0.691. The molecular formula is C19H25FN2O. The Morgan fingerprint density at radius 3 is 2.43 bits per heavy atom. The molecule has 1 amide bonds. The Morgan fingerprint density at radius 2 is 1.78 bits per heavy atom.